The number of hydrogen-bond acceptors (Lipinski definition) is 4. The lowest BCUT2D eigenvalue weighted by Crippen LogP contribution is -2.48. The molecule has 2 amide bonds. The van der Waals surface area contributed by atoms with Gasteiger partial charge in [0.2, 0.25) is 0 Å². The van der Waals surface area contributed by atoms with E-state index in [-0.39, 0.29) is 42.2 Å². The predicted octanol–water partition coefficient (Wildman–Crippen LogP) is 4.04. The van der Waals surface area contributed by atoms with Crippen LogP contribution >= 0.6 is 12.4 Å². The van der Waals surface area contributed by atoms with Crippen LogP contribution in [0.2, 0.25) is 0 Å². The van der Waals surface area contributed by atoms with Gasteiger partial charge >= 0.3 is 12.0 Å². The molecule has 0 bridgehead atoms. The fraction of sp³-hybridized carbons (Fsp3) is 0.625. The summed E-state index contributed by atoms with van der Waals surface area (Å²) >= 11 is 0. The molecule has 1 saturated heterocycles. The summed E-state index contributed by atoms with van der Waals surface area (Å²) in [6.07, 6.45) is 5.07. The van der Waals surface area contributed by atoms with Gasteiger partial charge in [-0.3, -0.25) is 10.2 Å². The molecule has 0 atom stereocenters. The maximum atomic E-state index is 12.7. The molecule has 1 aliphatic heterocycles. The number of piperidine rings is 1. The quantitative estimate of drug-likeness (QED) is 0.335. The number of carbonyl (C=O) groups is 2. The van der Waals surface area contributed by atoms with Gasteiger partial charge in [-0.2, -0.15) is 0 Å². The second kappa shape index (κ2) is 12.1. The number of nitrogens with two attached hydrogens (primary N) is 1. The van der Waals surface area contributed by atoms with E-state index < -0.39 is 0 Å². The molecule has 2 aliphatic rings. The number of hydrogen-bond donors (Lipinski definition) is 3. The number of urea groups is 1. The molecular formula is C24H37ClN4O3. The first-order chi connectivity index (χ1) is 14.8. The molecule has 1 aromatic rings. The normalized spacial score (nSPS) is 21.5. The Bertz CT molecular complexity index is 768. The van der Waals surface area contributed by atoms with Crippen LogP contribution in [0.4, 0.5) is 4.79 Å². The minimum absolute atomic E-state index is 0. The molecule has 0 spiro atoms. The Morgan fingerprint density at radius 1 is 1.09 bits per heavy atom. The maximum Gasteiger partial charge on any atom is 0.317 e. The molecule has 3 rings (SSSR count). The number of nitrogen functional groups attached to an aromatic ring is 1. The van der Waals surface area contributed by atoms with E-state index in [1.54, 1.807) is 0 Å². The molecule has 178 valence electrons. The van der Waals surface area contributed by atoms with E-state index in [1.165, 1.54) is 5.56 Å². The second-order valence-electron chi connectivity index (χ2n) is 9.32. The van der Waals surface area contributed by atoms with E-state index in [0.717, 1.165) is 57.2 Å². The lowest BCUT2D eigenvalue weighted by Gasteiger charge is -2.35. The molecule has 1 heterocycles. The van der Waals surface area contributed by atoms with Gasteiger partial charge in [-0.05, 0) is 55.9 Å². The van der Waals surface area contributed by atoms with Gasteiger partial charge in [-0.15, -0.1) is 12.4 Å². The highest BCUT2D eigenvalue weighted by Gasteiger charge is 2.30. The first-order valence-corrected chi connectivity index (χ1v) is 11.5. The minimum Gasteiger partial charge on any atom is -0.465 e. The SMILES string of the molecule is CC(C)COC(=O)C1CCC(NC(=O)N2CCC(c3ccc(C(=N)N)cc3)CC2)CC1.Cl. The largest absolute Gasteiger partial charge is 0.465 e. The number of benzene rings is 1. The summed E-state index contributed by atoms with van der Waals surface area (Å²) in [6, 6.07) is 8.02. The third-order valence-electron chi connectivity index (χ3n) is 6.42. The highest BCUT2D eigenvalue weighted by Crippen LogP contribution is 2.29. The molecule has 0 aromatic heterocycles. The van der Waals surface area contributed by atoms with Crippen molar-refractivity contribution >= 4 is 30.2 Å². The minimum atomic E-state index is -0.0862. The fourth-order valence-electron chi connectivity index (χ4n) is 4.46. The zero-order valence-electron chi connectivity index (χ0n) is 19.1. The molecule has 32 heavy (non-hydrogen) atoms. The van der Waals surface area contributed by atoms with Crippen LogP contribution in [0.1, 0.15) is 69.4 Å². The molecule has 0 radical (unpaired) electrons. The van der Waals surface area contributed by atoms with Gasteiger partial charge in [0.25, 0.3) is 0 Å². The van der Waals surface area contributed by atoms with Gasteiger partial charge in [0.1, 0.15) is 5.84 Å². The molecule has 1 aromatic carbocycles. The van der Waals surface area contributed by atoms with Crippen LogP contribution in [-0.2, 0) is 9.53 Å². The van der Waals surface area contributed by atoms with Gasteiger partial charge in [-0.1, -0.05) is 38.1 Å². The van der Waals surface area contributed by atoms with Gasteiger partial charge in [0.05, 0.1) is 12.5 Å². The van der Waals surface area contributed by atoms with Gasteiger partial charge in [-0.25, -0.2) is 4.79 Å². The van der Waals surface area contributed by atoms with Crippen molar-refractivity contribution in [1.82, 2.24) is 10.2 Å². The monoisotopic (exact) mass is 464 g/mol. The van der Waals surface area contributed by atoms with Crippen molar-refractivity contribution in [1.29, 1.82) is 5.41 Å². The summed E-state index contributed by atoms with van der Waals surface area (Å²) in [4.78, 5) is 26.8. The number of ether oxygens (including phenoxy) is 1. The number of nitrogens with one attached hydrogen (secondary N) is 2. The fourth-order valence-corrected chi connectivity index (χ4v) is 4.46. The summed E-state index contributed by atoms with van der Waals surface area (Å²) in [6.45, 7) is 6.02. The highest BCUT2D eigenvalue weighted by molar-refractivity contribution is 5.94. The van der Waals surface area contributed by atoms with Gasteiger partial charge < -0.3 is 20.7 Å². The third kappa shape index (κ3) is 7.12. The van der Waals surface area contributed by atoms with Crippen LogP contribution < -0.4 is 11.1 Å². The Morgan fingerprint density at radius 3 is 2.22 bits per heavy atom. The summed E-state index contributed by atoms with van der Waals surface area (Å²) in [5, 5.41) is 10.7. The Balaban J connectivity index is 0.00000363. The number of nitrogens with zero attached hydrogens (tertiary/aromatic N) is 1. The molecule has 7 nitrogen and oxygen atoms in total. The number of amidine groups is 1. The summed E-state index contributed by atoms with van der Waals surface area (Å²) in [5.41, 5.74) is 7.51. The number of esters is 1. The Kier molecular flexibility index (Phi) is 9.82. The number of rotatable bonds is 6. The standard InChI is InChI=1S/C24H36N4O3.ClH/c1-16(2)15-31-23(29)20-7-9-21(10-8-20)27-24(30)28-13-11-18(12-14-28)17-3-5-19(6-4-17)22(25)26;/h3-6,16,18,20-21H,7-15H2,1-2H3,(H3,25,26)(H,27,30);1H. The van der Waals surface area contributed by atoms with Crippen molar-refractivity contribution in [3.8, 4) is 0 Å². The number of likely N-dealkylation sites (tertiary alicyclic amines) is 1. The van der Waals surface area contributed by atoms with E-state index >= 15 is 0 Å². The van der Waals surface area contributed by atoms with Crippen molar-refractivity contribution in [3.63, 3.8) is 0 Å². The number of carbonyl (C=O) groups excluding carboxylic acids is 2. The number of halogens is 1. The van der Waals surface area contributed by atoms with Gasteiger partial charge in [0.15, 0.2) is 0 Å². The molecule has 8 heteroatoms. The van der Waals surface area contributed by atoms with Crippen molar-refractivity contribution in [2.45, 2.75) is 64.3 Å². The zero-order chi connectivity index (χ0) is 22.4. The van der Waals surface area contributed by atoms with Crippen LogP contribution in [0.3, 0.4) is 0 Å². The average Bonchev–Trinajstić information content (AvgIpc) is 2.78. The summed E-state index contributed by atoms with van der Waals surface area (Å²) in [7, 11) is 0. The molecule has 1 saturated carbocycles. The molecule has 2 fully saturated rings. The third-order valence-corrected chi connectivity index (χ3v) is 6.42. The topological polar surface area (TPSA) is 109 Å². The van der Waals surface area contributed by atoms with Crippen molar-refractivity contribution < 1.29 is 14.3 Å². The zero-order valence-corrected chi connectivity index (χ0v) is 20.0. The first-order valence-electron chi connectivity index (χ1n) is 11.5. The van der Waals surface area contributed by atoms with Crippen LogP contribution in [0, 0.1) is 17.2 Å². The van der Waals surface area contributed by atoms with Crippen LogP contribution in [0.5, 0.6) is 0 Å². The molecule has 1 aliphatic carbocycles. The van der Waals surface area contributed by atoms with E-state index in [0.29, 0.717) is 18.4 Å². The van der Waals surface area contributed by atoms with Crippen molar-refractivity contribution in [2.24, 2.45) is 17.6 Å². The molecule has 0 unspecified atom stereocenters. The smallest absolute Gasteiger partial charge is 0.317 e. The van der Waals surface area contributed by atoms with E-state index in [2.05, 4.69) is 5.32 Å². The highest BCUT2D eigenvalue weighted by atomic mass is 35.5. The lowest BCUT2D eigenvalue weighted by atomic mass is 9.86. The van der Waals surface area contributed by atoms with Crippen molar-refractivity contribution in [3.05, 3.63) is 35.4 Å². The Labute approximate surface area is 197 Å². The summed E-state index contributed by atoms with van der Waals surface area (Å²) in [5.74, 6) is 0.745. The Morgan fingerprint density at radius 2 is 1.69 bits per heavy atom. The number of amides is 2. The predicted molar refractivity (Wildman–Crippen MR) is 128 cm³/mol. The Hall–Kier alpha value is -2.28. The van der Waals surface area contributed by atoms with Crippen LogP contribution in [0.15, 0.2) is 24.3 Å². The van der Waals surface area contributed by atoms with Crippen molar-refractivity contribution in [2.75, 3.05) is 19.7 Å². The van der Waals surface area contributed by atoms with Crippen LogP contribution in [0.25, 0.3) is 0 Å². The van der Waals surface area contributed by atoms with E-state index in [1.807, 2.05) is 43.0 Å². The van der Waals surface area contributed by atoms with E-state index in [4.69, 9.17) is 15.9 Å². The second-order valence-corrected chi connectivity index (χ2v) is 9.32. The first kappa shape index (κ1) is 26.0. The van der Waals surface area contributed by atoms with Gasteiger partial charge in [0, 0.05) is 24.7 Å². The van der Waals surface area contributed by atoms with E-state index in [9.17, 15) is 9.59 Å². The summed E-state index contributed by atoms with van der Waals surface area (Å²) < 4.78 is 5.37. The molecular weight excluding hydrogens is 428 g/mol. The van der Waals surface area contributed by atoms with Crippen LogP contribution in [-0.4, -0.2) is 48.5 Å². The lowest BCUT2D eigenvalue weighted by molar-refractivity contribution is -0.150. The maximum absolute atomic E-state index is 12.7. The average molecular weight is 465 g/mol. The molecule has 4 N–H and O–H groups in total.